The van der Waals surface area contributed by atoms with Crippen LogP contribution in [0.25, 0.3) is 11.3 Å². The van der Waals surface area contributed by atoms with Gasteiger partial charge in [-0.05, 0) is 54.8 Å². The molecule has 4 aromatic rings. The summed E-state index contributed by atoms with van der Waals surface area (Å²) in [6.07, 6.45) is 4.05. The second kappa shape index (κ2) is 8.42. The van der Waals surface area contributed by atoms with Crippen LogP contribution in [0, 0.1) is 13.8 Å². The van der Waals surface area contributed by atoms with Gasteiger partial charge in [0.15, 0.2) is 11.5 Å². The molecule has 0 spiro atoms. The van der Waals surface area contributed by atoms with Crippen molar-refractivity contribution in [3.8, 4) is 17.2 Å². The highest BCUT2D eigenvalue weighted by atomic mass is 16.7. The lowest BCUT2D eigenvalue weighted by Crippen LogP contribution is -2.23. The van der Waals surface area contributed by atoms with Crippen molar-refractivity contribution in [2.45, 2.75) is 33.2 Å². The second-order valence-corrected chi connectivity index (χ2v) is 8.09. The van der Waals surface area contributed by atoms with E-state index < -0.39 is 0 Å². The number of ether oxygens (including phenoxy) is 2. The molecule has 2 aromatic heterocycles. The number of aromatic nitrogens is 4. The van der Waals surface area contributed by atoms with Gasteiger partial charge in [-0.2, -0.15) is 0 Å². The Bertz CT molecular complexity index is 1400. The summed E-state index contributed by atoms with van der Waals surface area (Å²) in [4.78, 5) is 25.3. The van der Waals surface area contributed by atoms with Gasteiger partial charge >= 0.3 is 5.56 Å². The maximum Gasteiger partial charge on any atom is 0.300 e. The molecule has 0 bridgehead atoms. The predicted molar refractivity (Wildman–Crippen MR) is 121 cm³/mol. The molecule has 2 aromatic carbocycles. The van der Waals surface area contributed by atoms with Gasteiger partial charge in [-0.1, -0.05) is 12.1 Å². The Kier molecular flexibility index (Phi) is 5.29. The fourth-order valence-electron chi connectivity index (χ4n) is 3.96. The molecule has 0 saturated carbocycles. The van der Waals surface area contributed by atoms with Crippen molar-refractivity contribution in [1.82, 2.24) is 24.5 Å². The summed E-state index contributed by atoms with van der Waals surface area (Å²) < 4.78 is 13.9. The third kappa shape index (κ3) is 4.17. The Morgan fingerprint density at radius 3 is 2.64 bits per heavy atom. The van der Waals surface area contributed by atoms with E-state index in [1.807, 2.05) is 44.2 Å². The van der Waals surface area contributed by atoms with Crippen molar-refractivity contribution in [3.63, 3.8) is 0 Å². The van der Waals surface area contributed by atoms with Gasteiger partial charge in [0.1, 0.15) is 5.82 Å². The van der Waals surface area contributed by atoms with Gasteiger partial charge in [0.25, 0.3) is 0 Å². The number of amides is 1. The lowest BCUT2D eigenvalue weighted by molar-refractivity contribution is -0.121. The normalized spacial score (nSPS) is 12.3. The van der Waals surface area contributed by atoms with Crippen molar-refractivity contribution in [3.05, 3.63) is 81.7 Å². The number of aryl methyl sites for hydroxylation is 3. The monoisotopic (exact) mass is 445 g/mol. The highest BCUT2D eigenvalue weighted by molar-refractivity contribution is 5.76. The van der Waals surface area contributed by atoms with Gasteiger partial charge < -0.3 is 14.8 Å². The third-order valence-corrected chi connectivity index (χ3v) is 5.53. The van der Waals surface area contributed by atoms with Crippen molar-refractivity contribution in [1.29, 1.82) is 0 Å². The molecule has 3 heterocycles. The zero-order chi connectivity index (χ0) is 22.9. The van der Waals surface area contributed by atoms with Crippen LogP contribution in [-0.2, 0) is 17.8 Å². The molecule has 1 N–H and O–H groups in total. The molecule has 0 fully saturated rings. The highest BCUT2D eigenvalue weighted by Crippen LogP contribution is 2.32. The summed E-state index contributed by atoms with van der Waals surface area (Å²) in [5.41, 5.74) is 3.83. The number of benzene rings is 2. The van der Waals surface area contributed by atoms with E-state index in [2.05, 4.69) is 21.6 Å². The van der Waals surface area contributed by atoms with Crippen molar-refractivity contribution in [2.75, 3.05) is 6.79 Å². The van der Waals surface area contributed by atoms with Gasteiger partial charge in [-0.3, -0.25) is 18.6 Å². The molecule has 33 heavy (non-hydrogen) atoms. The molecule has 0 unspecified atom stereocenters. The van der Waals surface area contributed by atoms with Crippen LogP contribution in [-0.4, -0.2) is 31.9 Å². The molecule has 0 aliphatic carbocycles. The second-order valence-electron chi connectivity index (χ2n) is 8.09. The predicted octanol–water partition coefficient (Wildman–Crippen LogP) is 2.47. The van der Waals surface area contributed by atoms with Crippen LogP contribution in [0.15, 0.2) is 53.6 Å². The number of rotatable bonds is 6. The van der Waals surface area contributed by atoms with Crippen LogP contribution < -0.4 is 20.3 Å². The lowest BCUT2D eigenvalue weighted by Gasteiger charge is -2.09. The summed E-state index contributed by atoms with van der Waals surface area (Å²) in [5, 5.41) is 11.1. The van der Waals surface area contributed by atoms with Crippen LogP contribution in [0.2, 0.25) is 0 Å². The van der Waals surface area contributed by atoms with E-state index in [1.165, 1.54) is 0 Å². The van der Waals surface area contributed by atoms with Crippen LogP contribution in [0.1, 0.15) is 28.9 Å². The van der Waals surface area contributed by atoms with E-state index in [0.717, 1.165) is 22.4 Å². The number of carbonyl (C=O) groups is 1. The van der Waals surface area contributed by atoms with Crippen LogP contribution in [0.3, 0.4) is 0 Å². The summed E-state index contributed by atoms with van der Waals surface area (Å²) >= 11 is 0. The molecule has 5 rings (SSSR count). The van der Waals surface area contributed by atoms with Gasteiger partial charge in [0.2, 0.25) is 18.3 Å². The summed E-state index contributed by atoms with van der Waals surface area (Å²) in [5.74, 6) is 1.84. The first kappa shape index (κ1) is 20.7. The van der Waals surface area contributed by atoms with E-state index in [-0.39, 0.29) is 30.3 Å². The smallest absolute Gasteiger partial charge is 0.300 e. The molecular weight excluding hydrogens is 422 g/mol. The van der Waals surface area contributed by atoms with E-state index in [1.54, 1.807) is 21.4 Å². The molecule has 0 radical (unpaired) electrons. The fourth-order valence-corrected chi connectivity index (χ4v) is 3.96. The first-order chi connectivity index (χ1) is 16.0. The van der Waals surface area contributed by atoms with Gasteiger partial charge in [-0.15, -0.1) is 10.2 Å². The van der Waals surface area contributed by atoms with Gasteiger partial charge in [-0.25, -0.2) is 0 Å². The molecule has 0 saturated heterocycles. The molecule has 1 amide bonds. The molecule has 9 heteroatoms. The first-order valence-corrected chi connectivity index (χ1v) is 10.7. The van der Waals surface area contributed by atoms with E-state index in [9.17, 15) is 9.59 Å². The Labute approximate surface area is 189 Å². The summed E-state index contributed by atoms with van der Waals surface area (Å²) in [6.45, 7) is 4.59. The summed E-state index contributed by atoms with van der Waals surface area (Å²) in [6, 6.07) is 11.5. The average molecular weight is 445 g/mol. The standard InChI is InChI=1S/C24H23N5O4/c1-15-9-16(2)11-18(10-15)28-7-8-29-21(26-27-23(29)24(28)31)5-6-22(30)25-13-17-3-4-19-20(12-17)33-14-32-19/h3-4,7-12H,5-6,13-14H2,1-2H3,(H,25,30). The Hall–Kier alpha value is -4.14. The van der Waals surface area contributed by atoms with Crippen molar-refractivity contribution < 1.29 is 14.3 Å². The quantitative estimate of drug-likeness (QED) is 0.490. The van der Waals surface area contributed by atoms with Crippen LogP contribution in [0.5, 0.6) is 11.5 Å². The Balaban J connectivity index is 1.26. The number of nitrogens with zero attached hydrogens (tertiary/aromatic N) is 4. The van der Waals surface area contributed by atoms with Crippen molar-refractivity contribution in [2.24, 2.45) is 0 Å². The highest BCUT2D eigenvalue weighted by Gasteiger charge is 2.15. The molecule has 1 aliphatic heterocycles. The van der Waals surface area contributed by atoms with Crippen LogP contribution >= 0.6 is 0 Å². The largest absolute Gasteiger partial charge is 0.454 e. The van der Waals surface area contributed by atoms with Gasteiger partial charge in [0, 0.05) is 37.5 Å². The molecule has 1 aliphatic rings. The summed E-state index contributed by atoms with van der Waals surface area (Å²) in [7, 11) is 0. The SMILES string of the molecule is Cc1cc(C)cc(-n2ccn3c(CCC(=O)NCc4ccc5c(c4)OCO5)nnc3c2=O)c1. The molecule has 9 nitrogen and oxygen atoms in total. The number of fused-ring (bicyclic) bond motifs is 2. The topological polar surface area (TPSA) is 99.8 Å². The third-order valence-electron chi connectivity index (χ3n) is 5.53. The minimum Gasteiger partial charge on any atom is -0.454 e. The van der Waals surface area contributed by atoms with Crippen LogP contribution in [0.4, 0.5) is 0 Å². The zero-order valence-electron chi connectivity index (χ0n) is 18.4. The van der Waals surface area contributed by atoms with E-state index in [4.69, 9.17) is 9.47 Å². The number of hydrogen-bond donors (Lipinski definition) is 1. The molecule has 0 atom stereocenters. The maximum absolute atomic E-state index is 13.0. The molecular formula is C24H23N5O4. The average Bonchev–Trinajstić information content (AvgIpc) is 3.42. The number of nitrogens with one attached hydrogen (secondary N) is 1. The van der Waals surface area contributed by atoms with Crippen molar-refractivity contribution >= 4 is 11.6 Å². The van der Waals surface area contributed by atoms with Gasteiger partial charge in [0.05, 0.1) is 0 Å². The number of carbonyl (C=O) groups excluding carboxylic acids is 1. The first-order valence-electron chi connectivity index (χ1n) is 10.7. The fraction of sp³-hybridized carbons (Fsp3) is 0.250. The number of hydrogen-bond acceptors (Lipinski definition) is 6. The Morgan fingerprint density at radius 2 is 1.82 bits per heavy atom. The van der Waals surface area contributed by atoms with E-state index >= 15 is 0 Å². The Morgan fingerprint density at radius 1 is 1.03 bits per heavy atom. The maximum atomic E-state index is 13.0. The van der Waals surface area contributed by atoms with E-state index in [0.29, 0.717) is 30.3 Å². The minimum absolute atomic E-state index is 0.118. The zero-order valence-corrected chi connectivity index (χ0v) is 18.4. The lowest BCUT2D eigenvalue weighted by atomic mass is 10.1. The molecule has 168 valence electrons. The minimum atomic E-state index is -0.256.